The number of rotatable bonds is 6. The highest BCUT2D eigenvalue weighted by molar-refractivity contribution is 7.99. The molecule has 1 aromatic carbocycles. The normalized spacial score (nSPS) is 11.0. The van der Waals surface area contributed by atoms with Crippen molar-refractivity contribution in [3.63, 3.8) is 0 Å². The molecule has 0 aliphatic heterocycles. The fourth-order valence-corrected chi connectivity index (χ4v) is 3.06. The van der Waals surface area contributed by atoms with Gasteiger partial charge in [-0.15, -0.1) is 0 Å². The van der Waals surface area contributed by atoms with Gasteiger partial charge < -0.3 is 4.74 Å². The summed E-state index contributed by atoms with van der Waals surface area (Å²) in [6.07, 6.45) is 0. The maximum atomic E-state index is 12.8. The summed E-state index contributed by atoms with van der Waals surface area (Å²) in [6, 6.07) is 4.69. The summed E-state index contributed by atoms with van der Waals surface area (Å²) in [6.45, 7) is 6.03. The Hall–Kier alpha value is -2.15. The minimum absolute atomic E-state index is 0.00811. The van der Waals surface area contributed by atoms with Gasteiger partial charge in [0.15, 0.2) is 5.16 Å². The third-order valence-corrected chi connectivity index (χ3v) is 4.41. The monoisotopic (exact) mass is 348 g/mol. The molecule has 6 nitrogen and oxygen atoms in total. The molecule has 0 fully saturated rings. The van der Waals surface area contributed by atoms with Gasteiger partial charge in [0.2, 0.25) is 0 Å². The largest absolute Gasteiger partial charge is 0.465 e. The molecule has 0 unspecified atom stereocenters. The summed E-state index contributed by atoms with van der Waals surface area (Å²) >= 11 is 1.23. The van der Waals surface area contributed by atoms with Crippen molar-refractivity contribution in [3.8, 4) is 0 Å². The maximum absolute atomic E-state index is 12.8. The first kappa shape index (κ1) is 18.2. The summed E-state index contributed by atoms with van der Waals surface area (Å²) in [7, 11) is 1.30. The van der Waals surface area contributed by atoms with E-state index in [2.05, 4.69) is 4.98 Å². The van der Waals surface area contributed by atoms with Gasteiger partial charge in [-0.25, -0.2) is 9.78 Å². The smallest absolute Gasteiger partial charge is 0.337 e. The molecule has 1 aromatic heterocycles. The summed E-state index contributed by atoms with van der Waals surface area (Å²) in [5.74, 6) is 0.0249. The second-order valence-corrected chi connectivity index (χ2v) is 6.86. The Bertz CT molecular complexity index is 842. The Labute approximate surface area is 144 Å². The molecule has 0 amide bonds. The summed E-state index contributed by atoms with van der Waals surface area (Å²) in [5.41, 5.74) is 0.589. The Morgan fingerprint density at radius 1 is 1.33 bits per heavy atom. The second-order valence-electron chi connectivity index (χ2n) is 5.92. The molecule has 0 N–H and O–H groups in total. The van der Waals surface area contributed by atoms with E-state index in [-0.39, 0.29) is 23.0 Å². The van der Waals surface area contributed by atoms with Crippen molar-refractivity contribution in [2.45, 2.75) is 32.5 Å². The van der Waals surface area contributed by atoms with Crippen molar-refractivity contribution in [2.24, 2.45) is 5.92 Å². The van der Waals surface area contributed by atoms with Gasteiger partial charge in [-0.1, -0.05) is 25.6 Å². The highest BCUT2D eigenvalue weighted by Gasteiger charge is 2.15. The molecule has 7 heteroatoms. The minimum Gasteiger partial charge on any atom is -0.465 e. The van der Waals surface area contributed by atoms with Crippen LogP contribution in [-0.4, -0.2) is 34.2 Å². The number of ketones is 1. The van der Waals surface area contributed by atoms with Crippen LogP contribution in [0.5, 0.6) is 0 Å². The zero-order chi connectivity index (χ0) is 17.9. The molecule has 0 radical (unpaired) electrons. The van der Waals surface area contributed by atoms with E-state index < -0.39 is 5.97 Å². The molecule has 2 rings (SSSR count). The SMILES string of the molecule is COC(=O)c1ccc2c(=O)n(CC(C)C)c(SCC(C)=O)nc2c1. The number of aromatic nitrogens is 2. The Morgan fingerprint density at radius 2 is 2.04 bits per heavy atom. The van der Waals surface area contributed by atoms with Crippen LogP contribution in [0.2, 0.25) is 0 Å². The van der Waals surface area contributed by atoms with Gasteiger partial charge in [0.05, 0.1) is 29.3 Å². The summed E-state index contributed by atoms with van der Waals surface area (Å²) < 4.78 is 6.30. The Kier molecular flexibility index (Phi) is 5.77. The fraction of sp³-hybridized carbons (Fsp3) is 0.412. The summed E-state index contributed by atoms with van der Waals surface area (Å²) in [4.78, 5) is 40.2. The van der Waals surface area contributed by atoms with Gasteiger partial charge in [-0.05, 0) is 31.0 Å². The lowest BCUT2D eigenvalue weighted by Crippen LogP contribution is -2.26. The van der Waals surface area contributed by atoms with Gasteiger partial charge in [-0.2, -0.15) is 0 Å². The standard InChI is InChI=1S/C17H20N2O4S/c1-10(2)8-19-15(21)13-6-5-12(16(22)23-4)7-14(13)18-17(19)24-9-11(3)20/h5-7,10H,8-9H2,1-4H3. The van der Waals surface area contributed by atoms with E-state index in [9.17, 15) is 14.4 Å². The number of fused-ring (bicyclic) bond motifs is 1. The average Bonchev–Trinajstić information content (AvgIpc) is 2.54. The van der Waals surface area contributed by atoms with Gasteiger partial charge >= 0.3 is 5.97 Å². The first-order valence-electron chi connectivity index (χ1n) is 7.58. The zero-order valence-corrected chi connectivity index (χ0v) is 15.0. The quantitative estimate of drug-likeness (QED) is 0.453. The van der Waals surface area contributed by atoms with Crippen LogP contribution in [0.25, 0.3) is 10.9 Å². The molecule has 0 atom stereocenters. The molecular weight excluding hydrogens is 328 g/mol. The zero-order valence-electron chi connectivity index (χ0n) is 14.2. The van der Waals surface area contributed by atoms with E-state index in [1.54, 1.807) is 22.8 Å². The predicted molar refractivity (Wildman–Crippen MR) is 93.6 cm³/mol. The lowest BCUT2D eigenvalue weighted by Gasteiger charge is -2.14. The number of carbonyl (C=O) groups excluding carboxylic acids is 2. The van der Waals surface area contributed by atoms with Gasteiger partial charge in [-0.3, -0.25) is 14.2 Å². The van der Waals surface area contributed by atoms with Crippen molar-refractivity contribution < 1.29 is 14.3 Å². The van der Waals surface area contributed by atoms with Crippen molar-refractivity contribution in [1.82, 2.24) is 9.55 Å². The fourth-order valence-electron chi connectivity index (χ4n) is 2.25. The summed E-state index contributed by atoms with van der Waals surface area (Å²) in [5, 5.41) is 0.925. The molecule has 0 aliphatic carbocycles. The number of methoxy groups -OCH3 is 1. The predicted octanol–water partition coefficient (Wildman–Crippen LogP) is 2.52. The number of nitrogens with zero attached hydrogens (tertiary/aromatic N) is 2. The van der Waals surface area contributed by atoms with Gasteiger partial charge in [0, 0.05) is 6.54 Å². The first-order chi connectivity index (χ1) is 11.3. The molecule has 0 spiro atoms. The molecule has 24 heavy (non-hydrogen) atoms. The molecule has 0 saturated heterocycles. The van der Waals surface area contributed by atoms with Crippen molar-refractivity contribution >= 4 is 34.4 Å². The van der Waals surface area contributed by atoms with E-state index in [1.165, 1.54) is 25.8 Å². The van der Waals surface area contributed by atoms with Crippen molar-refractivity contribution in [3.05, 3.63) is 34.1 Å². The Balaban J connectivity index is 2.62. The van der Waals surface area contributed by atoms with E-state index >= 15 is 0 Å². The number of thioether (sulfide) groups is 1. The highest BCUT2D eigenvalue weighted by atomic mass is 32.2. The lowest BCUT2D eigenvalue weighted by molar-refractivity contribution is -0.114. The lowest BCUT2D eigenvalue weighted by atomic mass is 10.1. The average molecular weight is 348 g/mol. The van der Waals surface area contributed by atoms with Crippen molar-refractivity contribution in [2.75, 3.05) is 12.9 Å². The van der Waals surface area contributed by atoms with Crippen LogP contribution in [-0.2, 0) is 16.1 Å². The van der Waals surface area contributed by atoms with Gasteiger partial charge in [0.1, 0.15) is 5.78 Å². The third-order valence-electron chi connectivity index (χ3n) is 3.29. The minimum atomic E-state index is -0.483. The Morgan fingerprint density at radius 3 is 2.62 bits per heavy atom. The van der Waals surface area contributed by atoms with E-state index in [1.807, 2.05) is 13.8 Å². The highest BCUT2D eigenvalue weighted by Crippen LogP contribution is 2.20. The number of carbonyl (C=O) groups is 2. The molecule has 128 valence electrons. The molecule has 0 aliphatic rings. The number of benzene rings is 1. The molecule has 0 saturated carbocycles. The van der Waals surface area contributed by atoms with Crippen LogP contribution in [0, 0.1) is 5.92 Å². The van der Waals surface area contributed by atoms with Gasteiger partial charge in [0.25, 0.3) is 5.56 Å². The van der Waals surface area contributed by atoms with Crippen LogP contribution in [0.4, 0.5) is 0 Å². The number of esters is 1. The first-order valence-corrected chi connectivity index (χ1v) is 8.57. The topological polar surface area (TPSA) is 78.3 Å². The van der Waals surface area contributed by atoms with Crippen LogP contribution in [0.1, 0.15) is 31.1 Å². The van der Waals surface area contributed by atoms with E-state index in [4.69, 9.17) is 4.74 Å². The second kappa shape index (κ2) is 7.61. The van der Waals surface area contributed by atoms with Crippen LogP contribution in [0.15, 0.2) is 28.2 Å². The van der Waals surface area contributed by atoms with E-state index in [0.29, 0.717) is 28.2 Å². The molecule has 1 heterocycles. The third kappa shape index (κ3) is 4.03. The number of hydrogen-bond acceptors (Lipinski definition) is 6. The maximum Gasteiger partial charge on any atom is 0.337 e. The molecule has 0 bridgehead atoms. The van der Waals surface area contributed by atoms with Crippen LogP contribution >= 0.6 is 11.8 Å². The molecular formula is C17H20N2O4S. The number of hydrogen-bond donors (Lipinski definition) is 0. The number of ether oxygens (including phenoxy) is 1. The van der Waals surface area contributed by atoms with E-state index in [0.717, 1.165) is 0 Å². The van der Waals surface area contributed by atoms with Crippen LogP contribution < -0.4 is 5.56 Å². The number of Topliss-reactive ketones (excluding diaryl/α,β-unsaturated/α-hetero) is 1. The molecule has 2 aromatic rings. The van der Waals surface area contributed by atoms with Crippen molar-refractivity contribution in [1.29, 1.82) is 0 Å². The van der Waals surface area contributed by atoms with Crippen LogP contribution in [0.3, 0.4) is 0 Å².